The molecule has 0 bridgehead atoms. The van der Waals surface area contributed by atoms with E-state index in [1.54, 1.807) is 6.92 Å². The number of rotatable bonds is 3. The van der Waals surface area contributed by atoms with Gasteiger partial charge in [0.15, 0.2) is 0 Å². The second-order valence-corrected chi connectivity index (χ2v) is 6.06. The maximum atomic E-state index is 13.4. The van der Waals surface area contributed by atoms with Crippen LogP contribution >= 0.6 is 0 Å². The molecule has 0 saturated heterocycles. The van der Waals surface area contributed by atoms with Crippen molar-refractivity contribution in [2.75, 3.05) is 7.11 Å². The molecular formula is C17H17F3N2O3. The molecule has 0 unspecified atom stereocenters. The van der Waals surface area contributed by atoms with E-state index in [0.29, 0.717) is 5.70 Å². The van der Waals surface area contributed by atoms with E-state index >= 15 is 0 Å². The Labute approximate surface area is 142 Å². The number of amides is 2. The maximum Gasteiger partial charge on any atom is 0.416 e. The molecule has 2 aliphatic rings. The predicted octanol–water partition coefficient (Wildman–Crippen LogP) is 3.38. The number of nitrogens with zero attached hydrogens (tertiary/aromatic N) is 1. The lowest BCUT2D eigenvalue weighted by Crippen LogP contribution is -2.49. The Balaban J connectivity index is 2.15. The SMILES string of the molecule is COC(=O)C1=C(C)N(C2CC2)C(=O)N[C@H]1c1ccccc1C(F)(F)F. The summed E-state index contributed by atoms with van der Waals surface area (Å²) in [6, 6.07) is 3.15. The van der Waals surface area contributed by atoms with Gasteiger partial charge in [-0.15, -0.1) is 0 Å². The summed E-state index contributed by atoms with van der Waals surface area (Å²) in [7, 11) is 1.16. The summed E-state index contributed by atoms with van der Waals surface area (Å²) in [5.41, 5.74) is -0.723. The topological polar surface area (TPSA) is 58.6 Å². The Bertz CT molecular complexity index is 754. The Hall–Kier alpha value is -2.51. The molecule has 134 valence electrons. The monoisotopic (exact) mass is 354 g/mol. The molecule has 1 heterocycles. The van der Waals surface area contributed by atoms with Gasteiger partial charge in [0.05, 0.1) is 24.3 Å². The minimum atomic E-state index is -4.61. The van der Waals surface area contributed by atoms with Crippen molar-refractivity contribution in [3.8, 4) is 0 Å². The van der Waals surface area contributed by atoms with Crippen molar-refractivity contribution >= 4 is 12.0 Å². The molecule has 1 aromatic rings. The standard InChI is InChI=1S/C17H17F3N2O3/c1-9-13(15(23)25-2)14(21-16(24)22(9)10-7-8-10)11-5-3-4-6-12(11)17(18,19)20/h3-6,10,14H,7-8H2,1-2H3,(H,21,24)/t14-/m0/s1. The summed E-state index contributed by atoms with van der Waals surface area (Å²) in [5.74, 6) is -0.759. The highest BCUT2D eigenvalue weighted by molar-refractivity contribution is 5.95. The van der Waals surface area contributed by atoms with Crippen LogP contribution in [0.15, 0.2) is 35.5 Å². The van der Waals surface area contributed by atoms with Crippen LogP contribution in [0, 0.1) is 0 Å². The van der Waals surface area contributed by atoms with Gasteiger partial charge in [0.25, 0.3) is 0 Å². The molecule has 1 fully saturated rings. The quantitative estimate of drug-likeness (QED) is 0.847. The zero-order chi connectivity index (χ0) is 18.4. The Morgan fingerprint density at radius 1 is 1.28 bits per heavy atom. The van der Waals surface area contributed by atoms with Crippen LogP contribution in [0.3, 0.4) is 0 Å². The zero-order valence-corrected chi connectivity index (χ0v) is 13.7. The van der Waals surface area contributed by atoms with E-state index in [0.717, 1.165) is 26.0 Å². The van der Waals surface area contributed by atoms with Crippen LogP contribution in [0.2, 0.25) is 0 Å². The smallest absolute Gasteiger partial charge is 0.416 e. The van der Waals surface area contributed by atoms with Gasteiger partial charge in [0, 0.05) is 11.7 Å². The van der Waals surface area contributed by atoms with Gasteiger partial charge in [-0.1, -0.05) is 18.2 Å². The molecule has 1 atom stereocenters. The van der Waals surface area contributed by atoms with Gasteiger partial charge in [-0.05, 0) is 31.4 Å². The molecule has 3 rings (SSSR count). The number of hydrogen-bond donors (Lipinski definition) is 1. The number of ether oxygens (including phenoxy) is 1. The van der Waals surface area contributed by atoms with Crippen molar-refractivity contribution in [1.82, 2.24) is 10.2 Å². The first-order chi connectivity index (χ1) is 11.8. The van der Waals surface area contributed by atoms with E-state index < -0.39 is 29.8 Å². The maximum absolute atomic E-state index is 13.4. The molecular weight excluding hydrogens is 337 g/mol. The van der Waals surface area contributed by atoms with E-state index in [1.165, 1.54) is 23.1 Å². The van der Waals surface area contributed by atoms with Gasteiger partial charge >= 0.3 is 18.2 Å². The predicted molar refractivity (Wildman–Crippen MR) is 82.3 cm³/mol. The summed E-state index contributed by atoms with van der Waals surface area (Å²) in [5, 5.41) is 2.54. The molecule has 1 saturated carbocycles. The first-order valence-corrected chi connectivity index (χ1v) is 7.80. The van der Waals surface area contributed by atoms with Crippen LogP contribution in [0.4, 0.5) is 18.0 Å². The molecule has 1 aliphatic carbocycles. The molecule has 5 nitrogen and oxygen atoms in total. The third-order valence-corrected chi connectivity index (χ3v) is 4.42. The van der Waals surface area contributed by atoms with E-state index in [1.807, 2.05) is 0 Å². The van der Waals surface area contributed by atoms with Crippen molar-refractivity contribution < 1.29 is 27.5 Å². The van der Waals surface area contributed by atoms with E-state index in [9.17, 15) is 22.8 Å². The molecule has 0 aromatic heterocycles. The molecule has 8 heteroatoms. The molecule has 1 aromatic carbocycles. The van der Waals surface area contributed by atoms with E-state index in [-0.39, 0.29) is 17.2 Å². The summed E-state index contributed by atoms with van der Waals surface area (Å²) in [4.78, 5) is 26.1. The first-order valence-electron chi connectivity index (χ1n) is 7.80. The van der Waals surface area contributed by atoms with Gasteiger partial charge in [0.2, 0.25) is 0 Å². The fourth-order valence-electron chi connectivity index (χ4n) is 3.14. The molecule has 0 radical (unpaired) electrons. The van der Waals surface area contributed by atoms with E-state index in [2.05, 4.69) is 5.32 Å². The van der Waals surface area contributed by atoms with Gasteiger partial charge in [0.1, 0.15) is 0 Å². The van der Waals surface area contributed by atoms with Gasteiger partial charge < -0.3 is 10.1 Å². The average molecular weight is 354 g/mol. The van der Waals surface area contributed by atoms with Crippen LogP contribution < -0.4 is 5.32 Å². The lowest BCUT2D eigenvalue weighted by atomic mass is 9.91. The van der Waals surface area contributed by atoms with Crippen molar-refractivity contribution in [1.29, 1.82) is 0 Å². The highest BCUT2D eigenvalue weighted by Crippen LogP contribution is 2.41. The van der Waals surface area contributed by atoms with Crippen molar-refractivity contribution in [2.45, 2.75) is 38.0 Å². The molecule has 1 aliphatic heterocycles. The normalized spacial score (nSPS) is 21.2. The summed E-state index contributed by atoms with van der Waals surface area (Å²) in [6.45, 7) is 1.56. The van der Waals surface area contributed by atoms with Crippen LogP contribution in [0.5, 0.6) is 0 Å². The van der Waals surface area contributed by atoms with Crippen molar-refractivity contribution in [3.63, 3.8) is 0 Å². The number of carbonyl (C=O) groups excluding carboxylic acids is 2. The van der Waals surface area contributed by atoms with Gasteiger partial charge in [-0.25, -0.2) is 9.59 Å². The minimum absolute atomic E-state index is 0.0192. The zero-order valence-electron chi connectivity index (χ0n) is 13.7. The third kappa shape index (κ3) is 3.08. The number of nitrogens with one attached hydrogen (secondary N) is 1. The van der Waals surface area contributed by atoms with Crippen LogP contribution in [0.25, 0.3) is 0 Å². The second kappa shape index (κ2) is 6.09. The largest absolute Gasteiger partial charge is 0.466 e. The number of esters is 1. The second-order valence-electron chi connectivity index (χ2n) is 6.06. The third-order valence-electron chi connectivity index (χ3n) is 4.42. The lowest BCUT2D eigenvalue weighted by Gasteiger charge is -2.36. The number of alkyl halides is 3. The van der Waals surface area contributed by atoms with Crippen LogP contribution in [-0.4, -0.2) is 30.1 Å². The van der Waals surface area contributed by atoms with Gasteiger partial charge in [-0.3, -0.25) is 4.90 Å². The fraction of sp³-hybridized carbons (Fsp3) is 0.412. The summed E-state index contributed by atoms with van der Waals surface area (Å²) in [6.07, 6.45) is -3.02. The summed E-state index contributed by atoms with van der Waals surface area (Å²) < 4.78 is 44.9. The first kappa shape index (κ1) is 17.3. The lowest BCUT2D eigenvalue weighted by molar-refractivity contribution is -0.140. The van der Waals surface area contributed by atoms with E-state index in [4.69, 9.17) is 4.74 Å². The number of benzene rings is 1. The number of halogens is 3. The number of urea groups is 1. The molecule has 0 spiro atoms. The number of allylic oxidation sites excluding steroid dienone is 1. The Morgan fingerprint density at radius 3 is 2.48 bits per heavy atom. The highest BCUT2D eigenvalue weighted by atomic mass is 19.4. The number of carbonyl (C=O) groups is 2. The van der Waals surface area contributed by atoms with Crippen molar-refractivity contribution in [3.05, 3.63) is 46.7 Å². The minimum Gasteiger partial charge on any atom is -0.466 e. The molecule has 1 N–H and O–H groups in total. The fourth-order valence-corrected chi connectivity index (χ4v) is 3.14. The van der Waals surface area contributed by atoms with Crippen LogP contribution in [0.1, 0.15) is 36.9 Å². The number of methoxy groups -OCH3 is 1. The van der Waals surface area contributed by atoms with Gasteiger partial charge in [-0.2, -0.15) is 13.2 Å². The summed E-state index contributed by atoms with van der Waals surface area (Å²) >= 11 is 0. The number of hydrogen-bond acceptors (Lipinski definition) is 3. The Morgan fingerprint density at radius 2 is 1.92 bits per heavy atom. The molecule has 2 amide bonds. The molecule has 25 heavy (non-hydrogen) atoms. The Kier molecular flexibility index (Phi) is 4.22. The average Bonchev–Trinajstić information content (AvgIpc) is 3.37. The highest BCUT2D eigenvalue weighted by Gasteiger charge is 2.44. The van der Waals surface area contributed by atoms with Crippen LogP contribution in [-0.2, 0) is 15.7 Å². The van der Waals surface area contributed by atoms with Crippen molar-refractivity contribution in [2.24, 2.45) is 0 Å².